The number of carboxylic acid groups (broad SMARTS) is 1. The number of nitrogens with one attached hydrogen (secondary N) is 2. The summed E-state index contributed by atoms with van der Waals surface area (Å²) in [5.74, 6) is -3.18. The van der Waals surface area contributed by atoms with Crippen LogP contribution < -0.4 is 22.1 Å². The molecule has 3 atom stereocenters. The summed E-state index contributed by atoms with van der Waals surface area (Å²) in [5, 5.41) is 14.5. The van der Waals surface area contributed by atoms with Crippen molar-refractivity contribution in [3.63, 3.8) is 0 Å². The van der Waals surface area contributed by atoms with Crippen molar-refractivity contribution < 1.29 is 24.3 Å². The lowest BCUT2D eigenvalue weighted by atomic mass is 10.0. The Labute approximate surface area is 186 Å². The number of carboxylic acids is 1. The van der Waals surface area contributed by atoms with Crippen LogP contribution in [0.15, 0.2) is 60.7 Å². The van der Waals surface area contributed by atoms with Gasteiger partial charge in [-0.3, -0.25) is 14.4 Å². The van der Waals surface area contributed by atoms with Crippen LogP contribution >= 0.6 is 0 Å². The van der Waals surface area contributed by atoms with E-state index in [0.29, 0.717) is 0 Å². The van der Waals surface area contributed by atoms with Crippen molar-refractivity contribution in [1.82, 2.24) is 10.6 Å². The monoisotopic (exact) mass is 440 g/mol. The molecule has 0 unspecified atom stereocenters. The minimum atomic E-state index is -1.22. The van der Waals surface area contributed by atoms with Gasteiger partial charge < -0.3 is 27.2 Å². The average molecular weight is 441 g/mol. The van der Waals surface area contributed by atoms with Crippen molar-refractivity contribution in [1.29, 1.82) is 0 Å². The maximum absolute atomic E-state index is 12.8. The molecule has 2 rings (SSSR count). The predicted octanol–water partition coefficient (Wildman–Crippen LogP) is 0.119. The number of primary amides is 1. The molecule has 0 aromatic heterocycles. The smallest absolute Gasteiger partial charge is 0.326 e. The molecule has 0 bridgehead atoms. The molecule has 3 amide bonds. The molecule has 170 valence electrons. The zero-order valence-corrected chi connectivity index (χ0v) is 17.6. The van der Waals surface area contributed by atoms with Gasteiger partial charge in [0.25, 0.3) is 0 Å². The Balaban J connectivity index is 2.06. The molecule has 0 aliphatic carbocycles. The molecular formula is C23H28N4O5. The molecule has 0 radical (unpaired) electrons. The van der Waals surface area contributed by atoms with E-state index in [2.05, 4.69) is 10.6 Å². The molecule has 0 heterocycles. The van der Waals surface area contributed by atoms with E-state index in [1.807, 2.05) is 30.3 Å². The van der Waals surface area contributed by atoms with Crippen LogP contribution in [0.1, 0.15) is 24.0 Å². The first-order chi connectivity index (χ1) is 15.3. The van der Waals surface area contributed by atoms with Gasteiger partial charge in [-0.25, -0.2) is 4.79 Å². The van der Waals surface area contributed by atoms with Gasteiger partial charge in [-0.15, -0.1) is 0 Å². The van der Waals surface area contributed by atoms with E-state index in [4.69, 9.17) is 11.5 Å². The molecule has 2 aromatic carbocycles. The highest BCUT2D eigenvalue weighted by Crippen LogP contribution is 2.07. The lowest BCUT2D eigenvalue weighted by Gasteiger charge is -2.23. The third-order valence-corrected chi connectivity index (χ3v) is 4.84. The first kappa shape index (κ1) is 24.5. The van der Waals surface area contributed by atoms with Gasteiger partial charge in [-0.1, -0.05) is 60.7 Å². The van der Waals surface area contributed by atoms with Gasteiger partial charge >= 0.3 is 5.97 Å². The standard InChI is InChI=1S/C23H28N4O5/c24-17(13-15-7-3-1-4-8-15)21(29)26-18(11-12-20(25)28)22(30)27-19(23(31)32)14-16-9-5-2-6-10-16/h1-10,17-19H,11-14,24H2,(H2,25,28)(H,26,29)(H,27,30)(H,31,32)/t17-,18-,19-/m0/s1. The summed E-state index contributed by atoms with van der Waals surface area (Å²) in [6, 6.07) is 14.7. The van der Waals surface area contributed by atoms with Gasteiger partial charge in [0.1, 0.15) is 12.1 Å². The summed E-state index contributed by atoms with van der Waals surface area (Å²) in [6.45, 7) is 0. The number of rotatable bonds is 12. The zero-order chi connectivity index (χ0) is 23.5. The maximum atomic E-state index is 12.8. The Morgan fingerprint density at radius 3 is 1.78 bits per heavy atom. The lowest BCUT2D eigenvalue weighted by Crippen LogP contribution is -2.55. The molecule has 7 N–H and O–H groups in total. The van der Waals surface area contributed by atoms with Crippen molar-refractivity contribution in [2.75, 3.05) is 0 Å². The van der Waals surface area contributed by atoms with Crippen LogP contribution in [0, 0.1) is 0 Å². The number of hydrogen-bond acceptors (Lipinski definition) is 5. The van der Waals surface area contributed by atoms with E-state index < -0.39 is 41.8 Å². The van der Waals surface area contributed by atoms with Crippen LogP contribution in [0.3, 0.4) is 0 Å². The number of carbonyl (C=O) groups is 4. The molecule has 0 saturated heterocycles. The molecule has 9 heteroatoms. The number of benzene rings is 2. The first-order valence-electron chi connectivity index (χ1n) is 10.2. The fourth-order valence-corrected chi connectivity index (χ4v) is 3.12. The second-order valence-corrected chi connectivity index (χ2v) is 7.45. The largest absolute Gasteiger partial charge is 0.480 e. The summed E-state index contributed by atoms with van der Waals surface area (Å²) in [4.78, 5) is 48.2. The van der Waals surface area contributed by atoms with E-state index in [1.54, 1.807) is 30.3 Å². The molecule has 0 aliphatic rings. The first-order valence-corrected chi connectivity index (χ1v) is 10.2. The Morgan fingerprint density at radius 1 is 0.781 bits per heavy atom. The van der Waals surface area contributed by atoms with Crippen LogP contribution in [-0.4, -0.2) is 46.9 Å². The fraction of sp³-hybridized carbons (Fsp3) is 0.304. The van der Waals surface area contributed by atoms with Crippen molar-refractivity contribution in [3.05, 3.63) is 71.8 Å². The number of aliphatic carboxylic acids is 1. The van der Waals surface area contributed by atoms with Gasteiger partial charge in [0, 0.05) is 12.8 Å². The van der Waals surface area contributed by atoms with E-state index in [0.717, 1.165) is 11.1 Å². The van der Waals surface area contributed by atoms with Gasteiger partial charge in [0.05, 0.1) is 6.04 Å². The SMILES string of the molecule is NC(=O)CC[C@H](NC(=O)[C@@H](N)Cc1ccccc1)C(=O)N[C@@H](Cc1ccccc1)C(=O)O. The van der Waals surface area contributed by atoms with E-state index in [-0.39, 0.29) is 25.7 Å². The summed E-state index contributed by atoms with van der Waals surface area (Å²) in [6.07, 6.45) is 0.0693. The van der Waals surface area contributed by atoms with Crippen LogP contribution in [0.5, 0.6) is 0 Å². The minimum Gasteiger partial charge on any atom is -0.480 e. The number of hydrogen-bond donors (Lipinski definition) is 5. The molecule has 9 nitrogen and oxygen atoms in total. The Hall–Kier alpha value is -3.72. The minimum absolute atomic E-state index is 0.0614. The van der Waals surface area contributed by atoms with Crippen LogP contribution in [-0.2, 0) is 32.0 Å². The van der Waals surface area contributed by atoms with Gasteiger partial charge in [0.15, 0.2) is 0 Å². The van der Waals surface area contributed by atoms with E-state index >= 15 is 0 Å². The van der Waals surface area contributed by atoms with Crippen molar-refractivity contribution >= 4 is 23.7 Å². The zero-order valence-electron chi connectivity index (χ0n) is 17.6. The normalized spacial score (nSPS) is 13.4. The van der Waals surface area contributed by atoms with Crippen molar-refractivity contribution in [2.45, 2.75) is 43.8 Å². The summed E-state index contributed by atoms with van der Waals surface area (Å²) >= 11 is 0. The number of amides is 3. The Kier molecular flexibility index (Phi) is 9.37. The molecule has 2 aromatic rings. The van der Waals surface area contributed by atoms with Crippen LogP contribution in [0.4, 0.5) is 0 Å². The molecule has 0 fully saturated rings. The average Bonchev–Trinajstić information content (AvgIpc) is 2.77. The highest BCUT2D eigenvalue weighted by molar-refractivity contribution is 5.92. The Morgan fingerprint density at radius 2 is 1.28 bits per heavy atom. The Bertz CT molecular complexity index is 920. The molecular weight excluding hydrogens is 412 g/mol. The summed E-state index contributed by atoms with van der Waals surface area (Å²) < 4.78 is 0. The quantitative estimate of drug-likeness (QED) is 0.314. The van der Waals surface area contributed by atoms with Crippen LogP contribution in [0.25, 0.3) is 0 Å². The van der Waals surface area contributed by atoms with Crippen LogP contribution in [0.2, 0.25) is 0 Å². The molecule has 0 spiro atoms. The fourth-order valence-electron chi connectivity index (χ4n) is 3.12. The van der Waals surface area contributed by atoms with E-state index in [1.165, 1.54) is 0 Å². The van der Waals surface area contributed by atoms with Gasteiger partial charge in [-0.2, -0.15) is 0 Å². The van der Waals surface area contributed by atoms with Gasteiger partial charge in [-0.05, 0) is 24.0 Å². The third-order valence-electron chi connectivity index (χ3n) is 4.84. The predicted molar refractivity (Wildman–Crippen MR) is 118 cm³/mol. The maximum Gasteiger partial charge on any atom is 0.326 e. The molecule has 0 aliphatic heterocycles. The third kappa shape index (κ3) is 8.19. The van der Waals surface area contributed by atoms with Crippen molar-refractivity contribution in [3.8, 4) is 0 Å². The second kappa shape index (κ2) is 12.2. The molecule has 32 heavy (non-hydrogen) atoms. The number of nitrogens with two attached hydrogens (primary N) is 2. The lowest BCUT2D eigenvalue weighted by molar-refractivity contribution is -0.142. The highest BCUT2D eigenvalue weighted by Gasteiger charge is 2.28. The second-order valence-electron chi connectivity index (χ2n) is 7.45. The topological polar surface area (TPSA) is 165 Å². The van der Waals surface area contributed by atoms with E-state index in [9.17, 15) is 24.3 Å². The highest BCUT2D eigenvalue weighted by atomic mass is 16.4. The van der Waals surface area contributed by atoms with Crippen molar-refractivity contribution in [2.24, 2.45) is 11.5 Å². The molecule has 0 saturated carbocycles. The van der Waals surface area contributed by atoms with Gasteiger partial charge in [0.2, 0.25) is 17.7 Å². The summed E-state index contributed by atoms with van der Waals surface area (Å²) in [5.41, 5.74) is 12.7. The number of carbonyl (C=O) groups excluding carboxylic acids is 3. The summed E-state index contributed by atoms with van der Waals surface area (Å²) in [7, 11) is 0.